The molecule has 0 aliphatic carbocycles. The molecule has 0 fully saturated rings. The van der Waals surface area contributed by atoms with Crippen LogP contribution in [0.2, 0.25) is 0 Å². The first-order valence-electron chi connectivity index (χ1n) is 10.2. The maximum atomic E-state index is 12.9. The second-order valence-corrected chi connectivity index (χ2v) is 7.48. The lowest BCUT2D eigenvalue weighted by atomic mass is 10.1. The van der Waals surface area contributed by atoms with Gasteiger partial charge in [-0.05, 0) is 43.7 Å². The van der Waals surface area contributed by atoms with Crippen molar-refractivity contribution in [2.75, 3.05) is 11.5 Å². The van der Waals surface area contributed by atoms with Crippen LogP contribution in [-0.2, 0) is 4.79 Å². The fourth-order valence-electron chi connectivity index (χ4n) is 3.55. The van der Waals surface area contributed by atoms with Gasteiger partial charge in [-0.2, -0.15) is 0 Å². The molecule has 0 spiro atoms. The number of amides is 1. The summed E-state index contributed by atoms with van der Waals surface area (Å²) in [6, 6.07) is 23.9. The zero-order valence-corrected chi connectivity index (χ0v) is 17.4. The van der Waals surface area contributed by atoms with Crippen molar-refractivity contribution in [3.05, 3.63) is 95.3 Å². The molecule has 0 saturated carbocycles. The highest BCUT2D eigenvalue weighted by atomic mass is 16.5. The average molecular weight is 413 g/mol. The molecule has 0 radical (unpaired) electrons. The van der Waals surface area contributed by atoms with Crippen LogP contribution in [0.25, 0.3) is 22.1 Å². The number of para-hydroxylation sites is 1. The Morgan fingerprint density at radius 2 is 1.65 bits per heavy atom. The summed E-state index contributed by atoms with van der Waals surface area (Å²) < 4.78 is 11.4. The third-order valence-corrected chi connectivity index (χ3v) is 5.01. The van der Waals surface area contributed by atoms with Gasteiger partial charge in [-0.25, -0.2) is 0 Å². The summed E-state index contributed by atoms with van der Waals surface area (Å²) >= 11 is 0. The SMILES string of the molecule is CC(C)N(C(=O)COc1ccc2c(=O)c(-c3ccccc3)coc2c1)c1ccccc1. The van der Waals surface area contributed by atoms with Crippen molar-refractivity contribution < 1.29 is 13.9 Å². The first-order chi connectivity index (χ1) is 15.0. The Labute approximate surface area is 180 Å². The third kappa shape index (κ3) is 4.36. The van der Waals surface area contributed by atoms with Crippen molar-refractivity contribution in [3.8, 4) is 16.9 Å². The predicted molar refractivity (Wildman–Crippen MR) is 122 cm³/mol. The molecule has 5 heteroatoms. The van der Waals surface area contributed by atoms with Gasteiger partial charge in [-0.3, -0.25) is 9.59 Å². The van der Waals surface area contributed by atoms with Crippen LogP contribution in [0.15, 0.2) is 94.3 Å². The van der Waals surface area contributed by atoms with Crippen molar-refractivity contribution in [1.82, 2.24) is 0 Å². The molecular weight excluding hydrogens is 390 g/mol. The molecule has 1 heterocycles. The summed E-state index contributed by atoms with van der Waals surface area (Å²) in [5, 5.41) is 0.466. The monoisotopic (exact) mass is 413 g/mol. The molecule has 0 N–H and O–H groups in total. The minimum Gasteiger partial charge on any atom is -0.484 e. The van der Waals surface area contributed by atoms with Crippen LogP contribution in [0, 0.1) is 0 Å². The van der Waals surface area contributed by atoms with Gasteiger partial charge in [0.25, 0.3) is 5.91 Å². The van der Waals surface area contributed by atoms with E-state index in [0.717, 1.165) is 11.3 Å². The Bertz CT molecular complexity index is 1250. The van der Waals surface area contributed by atoms with Crippen LogP contribution in [0.1, 0.15) is 13.8 Å². The minimum atomic E-state index is -0.151. The van der Waals surface area contributed by atoms with E-state index >= 15 is 0 Å². The van der Waals surface area contributed by atoms with Gasteiger partial charge in [-0.15, -0.1) is 0 Å². The third-order valence-electron chi connectivity index (χ3n) is 5.01. The zero-order chi connectivity index (χ0) is 21.8. The Morgan fingerprint density at radius 1 is 0.968 bits per heavy atom. The molecule has 0 unspecified atom stereocenters. The van der Waals surface area contributed by atoms with Gasteiger partial charge in [-0.1, -0.05) is 48.5 Å². The van der Waals surface area contributed by atoms with E-state index in [0.29, 0.717) is 22.3 Å². The molecule has 0 saturated heterocycles. The summed E-state index contributed by atoms with van der Waals surface area (Å²) in [5.74, 6) is 0.315. The summed E-state index contributed by atoms with van der Waals surface area (Å²) in [4.78, 5) is 27.4. The van der Waals surface area contributed by atoms with Crippen molar-refractivity contribution in [1.29, 1.82) is 0 Å². The largest absolute Gasteiger partial charge is 0.484 e. The van der Waals surface area contributed by atoms with Crippen molar-refractivity contribution >= 4 is 22.6 Å². The number of nitrogens with zero attached hydrogens (tertiary/aromatic N) is 1. The lowest BCUT2D eigenvalue weighted by molar-refractivity contribution is -0.120. The summed E-state index contributed by atoms with van der Waals surface area (Å²) in [6.07, 6.45) is 1.46. The number of hydrogen-bond donors (Lipinski definition) is 0. The lowest BCUT2D eigenvalue weighted by Gasteiger charge is -2.26. The Hall–Kier alpha value is -3.86. The molecule has 0 aliphatic rings. The Morgan fingerprint density at radius 3 is 2.32 bits per heavy atom. The average Bonchev–Trinajstić information content (AvgIpc) is 2.79. The topological polar surface area (TPSA) is 59.8 Å². The van der Waals surface area contributed by atoms with Gasteiger partial charge < -0.3 is 14.1 Å². The second-order valence-electron chi connectivity index (χ2n) is 7.48. The predicted octanol–water partition coefficient (Wildman–Crippen LogP) is 5.28. The Kier molecular flexibility index (Phi) is 5.85. The maximum Gasteiger partial charge on any atom is 0.265 e. The highest BCUT2D eigenvalue weighted by Gasteiger charge is 2.19. The van der Waals surface area contributed by atoms with Crippen LogP contribution in [0.3, 0.4) is 0 Å². The molecule has 31 heavy (non-hydrogen) atoms. The number of benzene rings is 3. The molecule has 0 bridgehead atoms. The number of carbonyl (C=O) groups is 1. The van der Waals surface area contributed by atoms with Crippen LogP contribution in [0.5, 0.6) is 5.75 Å². The minimum absolute atomic E-state index is 0.00969. The Balaban J connectivity index is 1.54. The van der Waals surface area contributed by atoms with E-state index in [1.165, 1.54) is 6.26 Å². The highest BCUT2D eigenvalue weighted by molar-refractivity contribution is 5.95. The maximum absolute atomic E-state index is 12.9. The molecule has 0 aliphatic heterocycles. The standard InChI is InChI=1S/C26H23NO4/c1-18(2)27(20-11-7-4-8-12-20)25(28)17-30-21-13-14-22-24(15-21)31-16-23(26(22)29)19-9-5-3-6-10-19/h3-16,18H,17H2,1-2H3. The molecular formula is C26H23NO4. The molecule has 1 amide bonds. The van der Waals surface area contributed by atoms with Crippen LogP contribution < -0.4 is 15.1 Å². The van der Waals surface area contributed by atoms with Crippen LogP contribution >= 0.6 is 0 Å². The molecule has 1 aromatic heterocycles. The first kappa shape index (κ1) is 20.4. The van der Waals surface area contributed by atoms with Gasteiger partial charge >= 0.3 is 0 Å². The molecule has 5 nitrogen and oxygen atoms in total. The quantitative estimate of drug-likeness (QED) is 0.431. The summed E-state index contributed by atoms with van der Waals surface area (Å²) in [6.45, 7) is 3.80. The number of carbonyl (C=O) groups excluding carboxylic acids is 1. The van der Waals surface area contributed by atoms with E-state index in [-0.39, 0.29) is 24.0 Å². The van der Waals surface area contributed by atoms with Gasteiger partial charge in [0, 0.05) is 17.8 Å². The zero-order valence-electron chi connectivity index (χ0n) is 17.4. The summed E-state index contributed by atoms with van der Waals surface area (Å²) in [7, 11) is 0. The van der Waals surface area contributed by atoms with E-state index < -0.39 is 0 Å². The van der Waals surface area contributed by atoms with E-state index in [1.54, 1.807) is 23.1 Å². The molecule has 4 aromatic rings. The van der Waals surface area contributed by atoms with E-state index in [9.17, 15) is 9.59 Å². The second kappa shape index (κ2) is 8.88. The fraction of sp³-hybridized carbons (Fsp3) is 0.154. The van der Waals surface area contributed by atoms with Crippen LogP contribution in [-0.4, -0.2) is 18.6 Å². The highest BCUT2D eigenvalue weighted by Crippen LogP contribution is 2.23. The molecule has 4 rings (SSSR count). The number of fused-ring (bicyclic) bond motifs is 1. The van der Waals surface area contributed by atoms with Crippen molar-refractivity contribution in [2.45, 2.75) is 19.9 Å². The number of hydrogen-bond acceptors (Lipinski definition) is 4. The smallest absolute Gasteiger partial charge is 0.265 e. The number of rotatable bonds is 6. The molecule has 0 atom stereocenters. The lowest BCUT2D eigenvalue weighted by Crippen LogP contribution is -2.40. The molecule has 156 valence electrons. The van der Waals surface area contributed by atoms with Gasteiger partial charge in [0.1, 0.15) is 17.6 Å². The van der Waals surface area contributed by atoms with Crippen LogP contribution in [0.4, 0.5) is 5.69 Å². The first-order valence-corrected chi connectivity index (χ1v) is 10.2. The van der Waals surface area contributed by atoms with Gasteiger partial charge in [0.2, 0.25) is 0 Å². The summed E-state index contributed by atoms with van der Waals surface area (Å²) in [5.41, 5.74) is 2.44. The van der Waals surface area contributed by atoms with Gasteiger partial charge in [0.05, 0.1) is 10.9 Å². The number of anilines is 1. The molecule has 3 aromatic carbocycles. The van der Waals surface area contributed by atoms with E-state index in [4.69, 9.17) is 9.15 Å². The normalized spacial score (nSPS) is 10.9. The van der Waals surface area contributed by atoms with E-state index in [1.807, 2.05) is 74.5 Å². The van der Waals surface area contributed by atoms with Crippen molar-refractivity contribution in [2.24, 2.45) is 0 Å². The van der Waals surface area contributed by atoms with E-state index in [2.05, 4.69) is 0 Å². The van der Waals surface area contributed by atoms with Crippen molar-refractivity contribution in [3.63, 3.8) is 0 Å². The fourth-order valence-corrected chi connectivity index (χ4v) is 3.55. The number of ether oxygens (including phenoxy) is 1. The van der Waals surface area contributed by atoms with Gasteiger partial charge in [0.15, 0.2) is 12.0 Å².